The number of hydrogen-bond acceptors (Lipinski definition) is 6. The lowest BCUT2D eigenvalue weighted by Crippen LogP contribution is -2.51. The summed E-state index contributed by atoms with van der Waals surface area (Å²) in [6.07, 6.45) is 2.53. The second kappa shape index (κ2) is 12.8. The van der Waals surface area contributed by atoms with Crippen molar-refractivity contribution in [2.24, 2.45) is 0 Å². The molecule has 0 bridgehead atoms. The Balaban J connectivity index is 1.49. The monoisotopic (exact) mass is 516 g/mol. The molecule has 0 radical (unpaired) electrons. The van der Waals surface area contributed by atoms with Gasteiger partial charge in [0.15, 0.2) is 0 Å². The zero-order valence-electron chi connectivity index (χ0n) is 21.4. The lowest BCUT2D eigenvalue weighted by molar-refractivity contribution is 0.0565. The third-order valence-electron chi connectivity index (χ3n) is 6.80. The number of aryl methyl sites for hydroxylation is 2. The number of hydrogen-bond donors (Lipinski definition) is 3. The molecule has 36 heavy (non-hydrogen) atoms. The molecule has 1 fully saturated rings. The number of hydroxylamine groups is 1. The van der Waals surface area contributed by atoms with Crippen LogP contribution in [0.1, 0.15) is 63.6 Å². The summed E-state index contributed by atoms with van der Waals surface area (Å²) in [5, 5.41) is 16.3. The first-order chi connectivity index (χ1) is 17.2. The van der Waals surface area contributed by atoms with Gasteiger partial charge >= 0.3 is 12.0 Å². The molecule has 3 amide bonds. The van der Waals surface area contributed by atoms with Gasteiger partial charge in [0.05, 0.1) is 12.7 Å². The lowest BCUT2D eigenvalue weighted by Gasteiger charge is -2.40. The summed E-state index contributed by atoms with van der Waals surface area (Å²) in [6, 6.07) is 5.29. The summed E-state index contributed by atoms with van der Waals surface area (Å²) in [5.74, 6) is -1.18. The average molecular weight is 517 g/mol. The maximum absolute atomic E-state index is 12.8. The molecule has 9 nitrogen and oxygen atoms in total. The number of thiophene rings is 1. The average Bonchev–Trinajstić information content (AvgIpc) is 3.35. The summed E-state index contributed by atoms with van der Waals surface area (Å²) in [4.78, 5) is 45.8. The minimum absolute atomic E-state index is 0.128. The van der Waals surface area contributed by atoms with Crippen LogP contribution < -0.4 is 10.8 Å². The van der Waals surface area contributed by atoms with Gasteiger partial charge in [-0.25, -0.2) is 15.1 Å². The van der Waals surface area contributed by atoms with E-state index in [9.17, 15) is 19.5 Å². The van der Waals surface area contributed by atoms with Gasteiger partial charge in [0.2, 0.25) is 0 Å². The van der Waals surface area contributed by atoms with E-state index in [1.807, 2.05) is 16.3 Å². The Kier molecular flexibility index (Phi) is 9.86. The van der Waals surface area contributed by atoms with Crippen LogP contribution in [0.4, 0.5) is 4.79 Å². The Morgan fingerprint density at radius 1 is 1.22 bits per heavy atom. The van der Waals surface area contributed by atoms with E-state index in [0.717, 1.165) is 37.9 Å². The number of piperidine rings is 1. The van der Waals surface area contributed by atoms with Gasteiger partial charge in [0.1, 0.15) is 0 Å². The number of likely N-dealkylation sites (tertiary alicyclic amines) is 1. The van der Waals surface area contributed by atoms with Crippen molar-refractivity contribution in [2.75, 3.05) is 26.7 Å². The van der Waals surface area contributed by atoms with Crippen molar-refractivity contribution in [1.29, 1.82) is 0 Å². The van der Waals surface area contributed by atoms with Crippen molar-refractivity contribution >= 4 is 29.2 Å². The van der Waals surface area contributed by atoms with Crippen LogP contribution in [-0.4, -0.2) is 71.6 Å². The molecular formula is C26H36N4O5S. The molecule has 3 rings (SSSR count). The Morgan fingerprint density at radius 3 is 2.44 bits per heavy atom. The smallest absolute Gasteiger partial charge is 0.341 e. The van der Waals surface area contributed by atoms with E-state index in [1.54, 1.807) is 25.2 Å². The van der Waals surface area contributed by atoms with Crippen LogP contribution >= 0.6 is 11.3 Å². The second-order valence-corrected chi connectivity index (χ2v) is 10.1. The topological polar surface area (TPSA) is 111 Å². The number of urea groups is 1. The fourth-order valence-corrected chi connectivity index (χ4v) is 5.50. The molecule has 2 aromatic rings. The van der Waals surface area contributed by atoms with E-state index >= 15 is 0 Å². The van der Waals surface area contributed by atoms with Gasteiger partial charge in [-0.1, -0.05) is 0 Å². The number of aromatic carboxylic acids is 1. The first kappa shape index (κ1) is 27.6. The van der Waals surface area contributed by atoms with E-state index < -0.39 is 5.97 Å². The largest absolute Gasteiger partial charge is 0.478 e. The van der Waals surface area contributed by atoms with E-state index in [0.29, 0.717) is 29.8 Å². The summed E-state index contributed by atoms with van der Waals surface area (Å²) < 4.78 is 0. The van der Waals surface area contributed by atoms with Crippen LogP contribution in [0.15, 0.2) is 29.0 Å². The Labute approximate surface area is 216 Å². The summed E-state index contributed by atoms with van der Waals surface area (Å²) in [6.45, 7) is 8.50. The molecule has 1 aliphatic heterocycles. The highest BCUT2D eigenvalue weighted by Gasteiger charge is 2.30. The van der Waals surface area contributed by atoms with Crippen molar-refractivity contribution < 1.29 is 24.3 Å². The van der Waals surface area contributed by atoms with E-state index in [-0.39, 0.29) is 29.6 Å². The fraction of sp³-hybridized carbons (Fsp3) is 0.500. The molecular weight excluding hydrogens is 480 g/mol. The number of amides is 3. The number of rotatable bonds is 10. The number of carbonyl (C=O) groups excluding carboxylic acids is 2. The quantitative estimate of drug-likeness (QED) is 0.414. The second-order valence-electron chi connectivity index (χ2n) is 9.32. The van der Waals surface area contributed by atoms with Crippen molar-refractivity contribution in [3.05, 3.63) is 56.8 Å². The molecule has 1 aromatic heterocycles. The molecule has 1 atom stereocenters. The highest BCUT2D eigenvalue weighted by atomic mass is 32.1. The number of nitrogens with zero attached hydrogens (tertiary/aromatic N) is 2. The van der Waals surface area contributed by atoms with Crippen molar-refractivity contribution in [1.82, 2.24) is 20.6 Å². The number of benzene rings is 1. The first-order valence-corrected chi connectivity index (χ1v) is 13.1. The fourth-order valence-electron chi connectivity index (χ4n) is 4.84. The van der Waals surface area contributed by atoms with Crippen LogP contribution in [0.25, 0.3) is 0 Å². The van der Waals surface area contributed by atoms with Crippen molar-refractivity contribution in [3.63, 3.8) is 0 Å². The predicted molar refractivity (Wildman–Crippen MR) is 139 cm³/mol. The third-order valence-corrected chi connectivity index (χ3v) is 7.53. The number of carbonyl (C=O) groups is 3. The molecule has 3 N–H and O–H groups in total. The SMILES string of the molecule is CONC(=O)N(Cc1ccsc1)C1CCN([C@H](C)CCNC(=O)c2c(C)cc(C(=O)O)cc2C)CC1. The van der Waals surface area contributed by atoms with Gasteiger partial charge in [-0.3, -0.25) is 9.63 Å². The Bertz CT molecular complexity index is 1030. The number of nitrogens with one attached hydrogen (secondary N) is 2. The lowest BCUT2D eigenvalue weighted by atomic mass is 9.98. The van der Waals surface area contributed by atoms with Gasteiger partial charge in [0, 0.05) is 43.8 Å². The molecule has 0 saturated carbocycles. The maximum atomic E-state index is 12.8. The van der Waals surface area contributed by atoms with Gasteiger partial charge < -0.3 is 20.2 Å². The zero-order valence-corrected chi connectivity index (χ0v) is 22.2. The van der Waals surface area contributed by atoms with Crippen LogP contribution in [0, 0.1) is 13.8 Å². The zero-order chi connectivity index (χ0) is 26.2. The molecule has 196 valence electrons. The molecule has 0 spiro atoms. The molecule has 0 unspecified atom stereocenters. The van der Waals surface area contributed by atoms with Gasteiger partial charge in [0.25, 0.3) is 5.91 Å². The first-order valence-electron chi connectivity index (χ1n) is 12.2. The van der Waals surface area contributed by atoms with Crippen LogP contribution in [0.2, 0.25) is 0 Å². The minimum Gasteiger partial charge on any atom is -0.478 e. The molecule has 0 aliphatic carbocycles. The van der Waals surface area contributed by atoms with E-state index in [1.165, 1.54) is 19.2 Å². The maximum Gasteiger partial charge on any atom is 0.341 e. The van der Waals surface area contributed by atoms with Crippen LogP contribution in [0.5, 0.6) is 0 Å². The number of carboxylic acid groups (broad SMARTS) is 1. The molecule has 2 heterocycles. The van der Waals surface area contributed by atoms with E-state index in [4.69, 9.17) is 4.84 Å². The van der Waals surface area contributed by atoms with Crippen LogP contribution in [-0.2, 0) is 11.4 Å². The summed E-state index contributed by atoms with van der Waals surface area (Å²) >= 11 is 1.62. The van der Waals surface area contributed by atoms with Crippen molar-refractivity contribution in [3.8, 4) is 0 Å². The number of carboxylic acids is 1. The predicted octanol–water partition coefficient (Wildman–Crippen LogP) is 3.81. The molecule has 1 aliphatic rings. The highest BCUT2D eigenvalue weighted by Crippen LogP contribution is 2.22. The normalized spacial score (nSPS) is 15.3. The van der Waals surface area contributed by atoms with Gasteiger partial charge in [-0.05, 0) is 85.7 Å². The highest BCUT2D eigenvalue weighted by molar-refractivity contribution is 7.07. The van der Waals surface area contributed by atoms with Gasteiger partial charge in [-0.15, -0.1) is 0 Å². The minimum atomic E-state index is -1.00. The van der Waals surface area contributed by atoms with Crippen molar-refractivity contribution in [2.45, 2.75) is 58.7 Å². The Morgan fingerprint density at radius 2 is 1.89 bits per heavy atom. The summed E-state index contributed by atoms with van der Waals surface area (Å²) in [7, 11) is 1.44. The van der Waals surface area contributed by atoms with Gasteiger partial charge in [-0.2, -0.15) is 11.3 Å². The Hall–Kier alpha value is -2.95. The van der Waals surface area contributed by atoms with E-state index in [2.05, 4.69) is 28.0 Å². The molecule has 1 aromatic carbocycles. The molecule has 10 heteroatoms. The van der Waals surface area contributed by atoms with Crippen LogP contribution in [0.3, 0.4) is 0 Å². The summed E-state index contributed by atoms with van der Waals surface area (Å²) in [5.41, 5.74) is 5.61. The third kappa shape index (κ3) is 7.05. The standard InChI is InChI=1S/C26H36N4O5S/c1-17-13-21(25(32)33)14-18(2)23(17)24(31)27-9-5-19(3)29-10-6-22(7-11-29)30(26(34)28-35-4)15-20-8-12-36-16-20/h8,12-14,16,19,22H,5-7,9-11,15H2,1-4H3,(H,27,31)(H,28,34)(H,32,33)/t19-/m1/s1. The molecule has 1 saturated heterocycles.